The molecular weight excluding hydrogens is 488 g/mol. The molecule has 0 saturated carbocycles. The number of nitrogens with one attached hydrogen (secondary N) is 1. The number of piperazine rings is 1. The Bertz CT molecular complexity index is 1130. The van der Waals surface area contributed by atoms with Crippen molar-refractivity contribution in [2.75, 3.05) is 36.4 Å². The first-order chi connectivity index (χ1) is 15.4. The molecule has 4 nitrogen and oxygen atoms in total. The lowest BCUT2D eigenvalue weighted by molar-refractivity contribution is 0.102. The van der Waals surface area contributed by atoms with E-state index < -0.39 is 0 Å². The normalized spacial score (nSPS) is 14.4. The molecule has 1 saturated heterocycles. The van der Waals surface area contributed by atoms with Gasteiger partial charge in [0, 0.05) is 49.0 Å². The van der Waals surface area contributed by atoms with Gasteiger partial charge in [0.1, 0.15) is 0 Å². The van der Waals surface area contributed by atoms with Gasteiger partial charge >= 0.3 is 0 Å². The Morgan fingerprint density at radius 2 is 1.53 bits per heavy atom. The Labute approximate surface area is 207 Å². The number of halogens is 4. The number of carbonyl (C=O) groups is 1. The molecule has 1 heterocycles. The molecule has 0 atom stereocenters. The van der Waals surface area contributed by atoms with Gasteiger partial charge in [-0.25, -0.2) is 0 Å². The molecule has 4 rings (SSSR count). The maximum absolute atomic E-state index is 12.5. The first-order valence-electron chi connectivity index (χ1n) is 10.2. The van der Waals surface area contributed by atoms with Gasteiger partial charge in [0.25, 0.3) is 5.91 Å². The topological polar surface area (TPSA) is 35.6 Å². The van der Waals surface area contributed by atoms with Crippen LogP contribution < -0.4 is 10.2 Å². The highest BCUT2D eigenvalue weighted by Gasteiger charge is 2.20. The molecule has 0 radical (unpaired) electrons. The maximum Gasteiger partial charge on any atom is 0.255 e. The fraction of sp³-hybridized carbons (Fsp3) is 0.208. The smallest absolute Gasteiger partial charge is 0.255 e. The predicted molar refractivity (Wildman–Crippen MR) is 135 cm³/mol. The largest absolute Gasteiger partial charge is 0.368 e. The van der Waals surface area contributed by atoms with Crippen LogP contribution in [0.3, 0.4) is 0 Å². The van der Waals surface area contributed by atoms with E-state index >= 15 is 0 Å². The zero-order valence-corrected chi connectivity index (χ0v) is 20.1. The number of rotatable bonds is 5. The molecule has 0 aromatic heterocycles. The van der Waals surface area contributed by atoms with Gasteiger partial charge in [-0.05, 0) is 48.0 Å². The number of hydrogen-bond acceptors (Lipinski definition) is 3. The van der Waals surface area contributed by atoms with Crippen LogP contribution >= 0.6 is 46.4 Å². The first kappa shape index (κ1) is 23.2. The molecule has 1 fully saturated rings. The van der Waals surface area contributed by atoms with Crippen LogP contribution in [-0.4, -0.2) is 37.0 Å². The summed E-state index contributed by atoms with van der Waals surface area (Å²) in [5.74, 6) is -0.277. The van der Waals surface area contributed by atoms with E-state index in [9.17, 15) is 4.79 Å². The van der Waals surface area contributed by atoms with Crippen LogP contribution in [-0.2, 0) is 6.54 Å². The van der Waals surface area contributed by atoms with Crippen molar-refractivity contribution in [2.24, 2.45) is 0 Å². The van der Waals surface area contributed by atoms with Gasteiger partial charge in [0.15, 0.2) is 0 Å². The third-order valence-electron chi connectivity index (χ3n) is 5.45. The summed E-state index contributed by atoms with van der Waals surface area (Å²) in [6.45, 7) is 4.38. The summed E-state index contributed by atoms with van der Waals surface area (Å²) >= 11 is 24.8. The molecule has 0 unspecified atom stereocenters. The average molecular weight is 509 g/mol. The van der Waals surface area contributed by atoms with Gasteiger partial charge in [0.2, 0.25) is 0 Å². The lowest BCUT2D eigenvalue weighted by atomic mass is 10.1. The molecule has 3 aromatic rings. The van der Waals surface area contributed by atoms with Crippen molar-refractivity contribution >= 4 is 63.7 Å². The molecule has 0 bridgehead atoms. The average Bonchev–Trinajstić information content (AvgIpc) is 2.78. The molecule has 32 heavy (non-hydrogen) atoms. The van der Waals surface area contributed by atoms with E-state index in [1.165, 1.54) is 6.07 Å². The number of carbonyl (C=O) groups excluding carboxylic acids is 1. The fourth-order valence-corrected chi connectivity index (χ4v) is 4.49. The van der Waals surface area contributed by atoms with Crippen LogP contribution in [0, 0.1) is 0 Å². The van der Waals surface area contributed by atoms with E-state index in [0.29, 0.717) is 26.3 Å². The summed E-state index contributed by atoms with van der Waals surface area (Å²) in [4.78, 5) is 17.2. The highest BCUT2D eigenvalue weighted by Crippen LogP contribution is 2.30. The van der Waals surface area contributed by atoms with Gasteiger partial charge < -0.3 is 10.2 Å². The minimum Gasteiger partial charge on any atom is -0.368 e. The molecule has 8 heteroatoms. The number of amides is 1. The number of nitrogens with zero attached hydrogens (tertiary/aromatic N) is 2. The quantitative estimate of drug-likeness (QED) is 0.408. The zero-order valence-electron chi connectivity index (χ0n) is 17.1. The van der Waals surface area contributed by atoms with Gasteiger partial charge in [0.05, 0.1) is 20.8 Å². The van der Waals surface area contributed by atoms with Gasteiger partial charge in [-0.2, -0.15) is 0 Å². The SMILES string of the molecule is O=C(Nc1ccc(N2CCN(Cc3ccccc3Cl)CC2)c(Cl)c1)c1ccc(Cl)c(Cl)c1. The summed E-state index contributed by atoms with van der Waals surface area (Å²) in [6.07, 6.45) is 0. The monoisotopic (exact) mass is 507 g/mol. The molecule has 0 spiro atoms. The van der Waals surface area contributed by atoms with Crippen LogP contribution in [0.1, 0.15) is 15.9 Å². The van der Waals surface area contributed by atoms with Crippen LogP contribution in [0.5, 0.6) is 0 Å². The summed E-state index contributed by atoms with van der Waals surface area (Å²) < 4.78 is 0. The first-order valence-corrected chi connectivity index (χ1v) is 11.7. The van der Waals surface area contributed by atoms with E-state index in [4.69, 9.17) is 46.4 Å². The standard InChI is InChI=1S/C24H21Cl4N3O/c25-19-4-2-1-3-17(19)15-30-9-11-31(12-10-30)23-8-6-18(14-22(23)28)29-24(32)16-5-7-20(26)21(27)13-16/h1-8,13-14H,9-12,15H2,(H,29,32). The summed E-state index contributed by atoms with van der Waals surface area (Å²) in [6, 6.07) is 18.3. The van der Waals surface area contributed by atoms with Crippen molar-refractivity contribution in [3.8, 4) is 0 Å². The Hall–Kier alpha value is -1.95. The second-order valence-corrected chi connectivity index (χ2v) is 9.23. The Balaban J connectivity index is 1.37. The third-order valence-corrected chi connectivity index (χ3v) is 6.86. The fourth-order valence-electron chi connectivity index (χ4n) is 3.70. The molecule has 3 aromatic carbocycles. The minimum atomic E-state index is -0.277. The van der Waals surface area contributed by atoms with Crippen molar-refractivity contribution in [2.45, 2.75) is 6.54 Å². The van der Waals surface area contributed by atoms with E-state index in [0.717, 1.165) is 49.0 Å². The van der Waals surface area contributed by atoms with Crippen molar-refractivity contribution in [1.82, 2.24) is 4.90 Å². The second-order valence-electron chi connectivity index (χ2n) is 7.60. The molecule has 0 aliphatic carbocycles. The predicted octanol–water partition coefficient (Wildman–Crippen LogP) is 6.87. The third kappa shape index (κ3) is 5.51. The Morgan fingerprint density at radius 1 is 0.781 bits per heavy atom. The van der Waals surface area contributed by atoms with E-state index in [2.05, 4.69) is 21.2 Å². The van der Waals surface area contributed by atoms with Crippen molar-refractivity contribution in [3.05, 3.63) is 91.9 Å². The van der Waals surface area contributed by atoms with Crippen LogP contribution in [0.4, 0.5) is 11.4 Å². The van der Waals surface area contributed by atoms with Crippen LogP contribution in [0.2, 0.25) is 20.1 Å². The maximum atomic E-state index is 12.5. The summed E-state index contributed by atoms with van der Waals surface area (Å²) in [5.41, 5.74) is 3.14. The van der Waals surface area contributed by atoms with Gasteiger partial charge in [-0.3, -0.25) is 9.69 Å². The molecule has 1 aliphatic heterocycles. The lowest BCUT2D eigenvalue weighted by Crippen LogP contribution is -2.46. The molecule has 1 amide bonds. The van der Waals surface area contributed by atoms with E-state index in [1.807, 2.05) is 30.3 Å². The zero-order chi connectivity index (χ0) is 22.7. The van der Waals surface area contributed by atoms with E-state index in [1.54, 1.807) is 18.2 Å². The highest BCUT2D eigenvalue weighted by molar-refractivity contribution is 6.42. The minimum absolute atomic E-state index is 0.277. The highest BCUT2D eigenvalue weighted by atomic mass is 35.5. The van der Waals surface area contributed by atoms with Crippen LogP contribution in [0.15, 0.2) is 60.7 Å². The summed E-state index contributed by atoms with van der Waals surface area (Å²) in [7, 11) is 0. The Kier molecular flexibility index (Phi) is 7.49. The van der Waals surface area contributed by atoms with E-state index in [-0.39, 0.29) is 5.91 Å². The lowest BCUT2D eigenvalue weighted by Gasteiger charge is -2.36. The number of anilines is 2. The molecule has 1 N–H and O–H groups in total. The molecular formula is C24H21Cl4N3O. The van der Waals surface area contributed by atoms with Crippen molar-refractivity contribution < 1.29 is 4.79 Å². The molecule has 1 aliphatic rings. The number of benzene rings is 3. The van der Waals surface area contributed by atoms with Gasteiger partial charge in [-0.1, -0.05) is 64.6 Å². The number of hydrogen-bond donors (Lipinski definition) is 1. The van der Waals surface area contributed by atoms with Crippen molar-refractivity contribution in [3.63, 3.8) is 0 Å². The van der Waals surface area contributed by atoms with Crippen LogP contribution in [0.25, 0.3) is 0 Å². The van der Waals surface area contributed by atoms with Crippen molar-refractivity contribution in [1.29, 1.82) is 0 Å². The molecule has 166 valence electrons. The second kappa shape index (κ2) is 10.3. The Morgan fingerprint density at radius 3 is 2.22 bits per heavy atom. The van der Waals surface area contributed by atoms with Gasteiger partial charge in [-0.15, -0.1) is 0 Å². The summed E-state index contributed by atoms with van der Waals surface area (Å²) in [5, 5.41) is 4.99.